The van der Waals surface area contributed by atoms with Gasteiger partial charge in [-0.2, -0.15) is 0 Å². The van der Waals surface area contributed by atoms with Gasteiger partial charge in [0.15, 0.2) is 11.5 Å². The van der Waals surface area contributed by atoms with Crippen molar-refractivity contribution in [3.8, 4) is 11.5 Å². The average molecular weight is 372 g/mol. The summed E-state index contributed by atoms with van der Waals surface area (Å²) in [6, 6.07) is 11.0. The van der Waals surface area contributed by atoms with Crippen molar-refractivity contribution in [2.45, 2.75) is 19.9 Å². The van der Waals surface area contributed by atoms with Crippen LogP contribution in [-0.4, -0.2) is 28.7 Å². The topological polar surface area (TPSA) is 65.4 Å². The van der Waals surface area contributed by atoms with Crippen molar-refractivity contribution in [1.29, 1.82) is 0 Å². The fourth-order valence-corrected chi connectivity index (χ4v) is 3.29. The van der Waals surface area contributed by atoms with Crippen LogP contribution in [0.3, 0.4) is 0 Å². The number of anilines is 1. The minimum absolute atomic E-state index is 0.299. The molecule has 0 fully saturated rings. The van der Waals surface area contributed by atoms with Crippen molar-refractivity contribution in [3.05, 3.63) is 47.0 Å². The summed E-state index contributed by atoms with van der Waals surface area (Å²) in [4.78, 5) is 17.3. The lowest BCUT2D eigenvalue weighted by atomic mass is 10.2. The molecule has 7 heteroatoms. The van der Waals surface area contributed by atoms with E-state index in [1.54, 1.807) is 12.1 Å². The molecular weight excluding hydrogens is 354 g/mol. The quantitative estimate of drug-likeness (QED) is 0.752. The molecule has 0 bridgehead atoms. The van der Waals surface area contributed by atoms with Crippen LogP contribution in [0.15, 0.2) is 36.4 Å². The number of benzene rings is 2. The van der Waals surface area contributed by atoms with Crippen LogP contribution in [0, 0.1) is 0 Å². The van der Waals surface area contributed by atoms with Crippen molar-refractivity contribution in [2.75, 3.05) is 18.5 Å². The van der Waals surface area contributed by atoms with Crippen molar-refractivity contribution in [2.24, 2.45) is 0 Å². The van der Waals surface area contributed by atoms with Crippen LogP contribution < -0.4 is 14.8 Å². The molecule has 1 aliphatic heterocycles. The van der Waals surface area contributed by atoms with E-state index in [1.165, 1.54) is 0 Å². The van der Waals surface area contributed by atoms with Gasteiger partial charge in [0.05, 0.1) is 29.3 Å². The lowest BCUT2D eigenvalue weighted by Gasteiger charge is -2.12. The Bertz CT molecular complexity index is 984. The fraction of sp³-hybridized carbons (Fsp3) is 0.263. The summed E-state index contributed by atoms with van der Waals surface area (Å²) in [5, 5.41) is 3.23. The number of hydrogen-bond acceptors (Lipinski definition) is 4. The number of ether oxygens (including phenoxy) is 2. The van der Waals surface area contributed by atoms with E-state index in [1.807, 2.05) is 35.8 Å². The zero-order valence-corrected chi connectivity index (χ0v) is 15.0. The van der Waals surface area contributed by atoms with E-state index in [4.69, 9.17) is 21.1 Å². The highest BCUT2D eigenvalue weighted by atomic mass is 35.5. The Kier molecular flexibility index (Phi) is 4.42. The molecule has 6 nitrogen and oxygen atoms in total. The number of nitrogens with one attached hydrogen (secondary N) is 1. The Morgan fingerprint density at radius 1 is 1.27 bits per heavy atom. The van der Waals surface area contributed by atoms with Crippen LogP contribution in [0.5, 0.6) is 11.5 Å². The van der Waals surface area contributed by atoms with Gasteiger partial charge in [0.1, 0.15) is 0 Å². The van der Waals surface area contributed by atoms with Gasteiger partial charge in [-0.05, 0) is 31.2 Å². The molecule has 3 aromatic rings. The number of para-hydroxylation sites is 2. The van der Waals surface area contributed by atoms with Gasteiger partial charge >= 0.3 is 0 Å². The predicted octanol–water partition coefficient (Wildman–Crippen LogP) is 4.12. The van der Waals surface area contributed by atoms with Gasteiger partial charge in [-0.1, -0.05) is 23.7 Å². The zero-order chi connectivity index (χ0) is 18.1. The van der Waals surface area contributed by atoms with E-state index in [2.05, 4.69) is 10.3 Å². The summed E-state index contributed by atoms with van der Waals surface area (Å²) < 4.78 is 13.2. The van der Waals surface area contributed by atoms with E-state index in [-0.39, 0.29) is 5.91 Å². The molecule has 0 atom stereocenters. The maximum absolute atomic E-state index is 12.8. The van der Waals surface area contributed by atoms with E-state index in [0.717, 1.165) is 17.5 Å². The van der Waals surface area contributed by atoms with Crippen molar-refractivity contribution < 1.29 is 14.3 Å². The number of amides is 1. The zero-order valence-electron chi connectivity index (χ0n) is 14.3. The number of rotatable bonds is 3. The standard InChI is InChI=1S/C19H18ClN3O3/c1-2-23-15-7-4-3-6-14(15)21-19(23)22-18(24)12-10-13(20)17-16(11-12)25-8-5-9-26-17/h3-4,6-7,10-11H,2,5,8-9H2,1H3,(H,21,22,24). The number of aryl methyl sites for hydroxylation is 1. The summed E-state index contributed by atoms with van der Waals surface area (Å²) in [5.74, 6) is 1.18. The van der Waals surface area contributed by atoms with Gasteiger partial charge < -0.3 is 14.0 Å². The number of nitrogens with zero attached hydrogens (tertiary/aromatic N) is 2. The van der Waals surface area contributed by atoms with Crippen LogP contribution in [0.1, 0.15) is 23.7 Å². The summed E-state index contributed by atoms with van der Waals surface area (Å²) >= 11 is 6.28. The maximum atomic E-state index is 12.8. The van der Waals surface area contributed by atoms with Crippen LogP contribution in [0.25, 0.3) is 11.0 Å². The first-order valence-corrected chi connectivity index (χ1v) is 8.91. The smallest absolute Gasteiger partial charge is 0.258 e. The highest BCUT2D eigenvalue weighted by molar-refractivity contribution is 6.32. The molecule has 0 saturated carbocycles. The van der Waals surface area contributed by atoms with Crippen LogP contribution >= 0.6 is 11.6 Å². The fourth-order valence-electron chi connectivity index (χ4n) is 3.03. The van der Waals surface area contributed by atoms with Crippen molar-refractivity contribution >= 4 is 34.5 Å². The van der Waals surface area contributed by atoms with E-state index in [9.17, 15) is 4.79 Å². The van der Waals surface area contributed by atoms with E-state index < -0.39 is 0 Å². The van der Waals surface area contributed by atoms with Crippen LogP contribution in [-0.2, 0) is 6.54 Å². The Morgan fingerprint density at radius 2 is 2.08 bits per heavy atom. The Labute approximate surface area is 155 Å². The largest absolute Gasteiger partial charge is 0.489 e. The normalized spacial score (nSPS) is 13.5. The van der Waals surface area contributed by atoms with Crippen molar-refractivity contribution in [3.63, 3.8) is 0 Å². The number of carbonyl (C=O) groups is 1. The minimum atomic E-state index is -0.299. The first-order chi connectivity index (χ1) is 12.7. The summed E-state index contributed by atoms with van der Waals surface area (Å²) in [5.41, 5.74) is 2.21. The molecule has 0 saturated heterocycles. The highest BCUT2D eigenvalue weighted by Gasteiger charge is 2.20. The molecule has 0 radical (unpaired) electrons. The molecule has 0 spiro atoms. The second-order valence-corrected chi connectivity index (χ2v) is 6.37. The summed E-state index contributed by atoms with van der Waals surface area (Å²) in [6.07, 6.45) is 0.771. The SMILES string of the molecule is CCn1c(NC(=O)c2cc(Cl)c3c(c2)OCCCO3)nc2ccccc21. The van der Waals surface area contributed by atoms with Gasteiger partial charge in [0.25, 0.3) is 5.91 Å². The van der Waals surface area contributed by atoms with E-state index >= 15 is 0 Å². The molecule has 1 aromatic heterocycles. The lowest BCUT2D eigenvalue weighted by Crippen LogP contribution is -2.16. The molecular formula is C19H18ClN3O3. The Balaban J connectivity index is 1.67. The number of aromatic nitrogens is 2. The van der Waals surface area contributed by atoms with E-state index in [0.29, 0.717) is 47.8 Å². The molecule has 134 valence electrons. The molecule has 4 rings (SSSR count). The van der Waals surface area contributed by atoms with Gasteiger partial charge in [0.2, 0.25) is 5.95 Å². The first kappa shape index (κ1) is 16.7. The molecule has 1 amide bonds. The molecule has 0 unspecified atom stereocenters. The van der Waals surface area contributed by atoms with Crippen LogP contribution in [0.4, 0.5) is 5.95 Å². The second-order valence-electron chi connectivity index (χ2n) is 5.96. The Morgan fingerprint density at radius 3 is 2.92 bits per heavy atom. The van der Waals surface area contributed by atoms with Crippen LogP contribution in [0.2, 0.25) is 5.02 Å². The third-order valence-corrected chi connectivity index (χ3v) is 4.54. The first-order valence-electron chi connectivity index (χ1n) is 8.53. The van der Waals surface area contributed by atoms with Gasteiger partial charge in [-0.15, -0.1) is 0 Å². The summed E-state index contributed by atoms with van der Waals surface area (Å²) in [7, 11) is 0. The second kappa shape index (κ2) is 6.88. The number of carbonyl (C=O) groups excluding carboxylic acids is 1. The number of halogens is 1. The highest BCUT2D eigenvalue weighted by Crippen LogP contribution is 2.38. The van der Waals surface area contributed by atoms with Crippen molar-refractivity contribution in [1.82, 2.24) is 9.55 Å². The van der Waals surface area contributed by atoms with Gasteiger partial charge in [-0.3, -0.25) is 10.1 Å². The lowest BCUT2D eigenvalue weighted by molar-refractivity contribution is 0.102. The van der Waals surface area contributed by atoms with Gasteiger partial charge in [-0.25, -0.2) is 4.98 Å². The predicted molar refractivity (Wildman–Crippen MR) is 100 cm³/mol. The number of imidazole rings is 1. The summed E-state index contributed by atoms with van der Waals surface area (Å²) in [6.45, 7) is 3.77. The Hall–Kier alpha value is -2.73. The molecule has 1 N–H and O–H groups in total. The number of hydrogen-bond donors (Lipinski definition) is 1. The molecule has 1 aliphatic rings. The van der Waals surface area contributed by atoms with Gasteiger partial charge in [0, 0.05) is 18.5 Å². The molecule has 26 heavy (non-hydrogen) atoms. The maximum Gasteiger partial charge on any atom is 0.258 e. The molecule has 0 aliphatic carbocycles. The monoisotopic (exact) mass is 371 g/mol. The third-order valence-electron chi connectivity index (χ3n) is 4.26. The minimum Gasteiger partial charge on any atom is -0.489 e. The molecule has 2 heterocycles. The molecule has 2 aromatic carbocycles. The average Bonchev–Trinajstić information content (AvgIpc) is 2.81. The third kappa shape index (κ3) is 2.97. The number of fused-ring (bicyclic) bond motifs is 2.